The number of likely N-dealkylation sites (tertiary alicyclic amines) is 1. The average Bonchev–Trinajstić information content (AvgIpc) is 2.22. The summed E-state index contributed by atoms with van der Waals surface area (Å²) >= 11 is 0. The molecule has 16 heavy (non-hydrogen) atoms. The molecule has 2 aliphatic rings. The Balaban J connectivity index is 1.89. The number of piperidine rings is 2. The molecule has 0 aromatic carbocycles. The first-order valence-corrected chi connectivity index (χ1v) is 6.66. The highest BCUT2D eigenvalue weighted by atomic mass is 15.4. The summed E-state index contributed by atoms with van der Waals surface area (Å²) in [4.78, 5) is 2.63. The van der Waals surface area contributed by atoms with Crippen molar-refractivity contribution in [2.24, 2.45) is 11.3 Å². The van der Waals surface area contributed by atoms with Crippen LogP contribution in [0.2, 0.25) is 0 Å². The van der Waals surface area contributed by atoms with Crippen LogP contribution in [0.25, 0.3) is 0 Å². The van der Waals surface area contributed by atoms with Gasteiger partial charge >= 0.3 is 0 Å². The lowest BCUT2D eigenvalue weighted by molar-refractivity contribution is 0.00335. The Morgan fingerprint density at radius 2 is 1.31 bits per heavy atom. The summed E-state index contributed by atoms with van der Waals surface area (Å²) in [6.45, 7) is 11.7. The Hall–Kier alpha value is -0.120. The van der Waals surface area contributed by atoms with Crippen molar-refractivity contribution in [2.45, 2.75) is 52.0 Å². The predicted molar refractivity (Wildman–Crippen MR) is 68.0 cm³/mol. The second kappa shape index (κ2) is 4.28. The number of hydrazine groups is 1. The van der Waals surface area contributed by atoms with Gasteiger partial charge in [0.15, 0.2) is 0 Å². The Kier molecular flexibility index (Phi) is 3.30. The van der Waals surface area contributed by atoms with Gasteiger partial charge in [0.1, 0.15) is 0 Å². The van der Waals surface area contributed by atoms with E-state index >= 15 is 0 Å². The third kappa shape index (κ3) is 2.58. The van der Waals surface area contributed by atoms with Crippen LogP contribution in [0.5, 0.6) is 0 Å². The number of rotatable bonds is 0. The van der Waals surface area contributed by atoms with Crippen LogP contribution in [-0.4, -0.2) is 41.6 Å². The van der Waals surface area contributed by atoms with E-state index in [0.29, 0.717) is 11.0 Å². The summed E-state index contributed by atoms with van der Waals surface area (Å²) in [5.41, 5.74) is 0.966. The third-order valence-electron chi connectivity index (χ3n) is 4.63. The molecule has 2 fully saturated rings. The zero-order valence-electron chi connectivity index (χ0n) is 11.1. The first kappa shape index (κ1) is 12.3. The van der Waals surface area contributed by atoms with Crippen molar-refractivity contribution in [1.29, 1.82) is 0 Å². The van der Waals surface area contributed by atoms with Crippen LogP contribution in [0, 0.1) is 5.41 Å². The van der Waals surface area contributed by atoms with E-state index in [1.165, 1.54) is 38.8 Å². The molecule has 2 rings (SSSR count). The van der Waals surface area contributed by atoms with Gasteiger partial charge in [0.2, 0.25) is 0 Å². The van der Waals surface area contributed by atoms with Crippen LogP contribution in [0.3, 0.4) is 0 Å². The molecular formula is C13H27N3. The van der Waals surface area contributed by atoms with Gasteiger partial charge in [-0.15, -0.1) is 0 Å². The molecule has 0 bridgehead atoms. The smallest absolute Gasteiger partial charge is 0.0133 e. The Morgan fingerprint density at radius 3 is 1.75 bits per heavy atom. The largest absolute Gasteiger partial charge is 0.298 e. The van der Waals surface area contributed by atoms with Gasteiger partial charge in [-0.3, -0.25) is 10.7 Å². The molecule has 0 atom stereocenters. The molecular weight excluding hydrogens is 198 g/mol. The van der Waals surface area contributed by atoms with E-state index in [0.717, 1.165) is 13.1 Å². The van der Waals surface area contributed by atoms with Crippen molar-refractivity contribution in [2.75, 3.05) is 26.2 Å². The maximum absolute atomic E-state index is 5.84. The summed E-state index contributed by atoms with van der Waals surface area (Å²) in [7, 11) is 0. The Labute approximate surface area is 99.9 Å². The number of nitrogens with zero attached hydrogens (tertiary/aromatic N) is 2. The van der Waals surface area contributed by atoms with Crippen LogP contribution in [0.4, 0.5) is 0 Å². The van der Waals surface area contributed by atoms with Crippen LogP contribution in [-0.2, 0) is 0 Å². The van der Waals surface area contributed by atoms with E-state index in [1.54, 1.807) is 0 Å². The lowest BCUT2D eigenvalue weighted by Crippen LogP contribution is -2.52. The van der Waals surface area contributed by atoms with Gasteiger partial charge in [0.05, 0.1) is 0 Å². The standard InChI is InChI=1S/C13H27N3/c1-12(2,3)15-8-4-13(5-9-15)6-10-16(14)11-7-13/h4-11,14H2,1-3H3. The van der Waals surface area contributed by atoms with Gasteiger partial charge in [-0.2, -0.15) is 0 Å². The predicted octanol–water partition coefficient (Wildman–Crippen LogP) is 1.84. The van der Waals surface area contributed by atoms with Crippen molar-refractivity contribution >= 4 is 0 Å². The number of hydrogen-bond donors (Lipinski definition) is 1. The Morgan fingerprint density at radius 1 is 0.875 bits per heavy atom. The Bertz CT molecular complexity index is 226. The molecule has 0 radical (unpaired) electrons. The van der Waals surface area contributed by atoms with Crippen molar-refractivity contribution < 1.29 is 0 Å². The van der Waals surface area contributed by atoms with Crippen molar-refractivity contribution in [1.82, 2.24) is 9.91 Å². The summed E-state index contributed by atoms with van der Waals surface area (Å²) < 4.78 is 0. The van der Waals surface area contributed by atoms with Gasteiger partial charge in [0.25, 0.3) is 0 Å². The second-order valence-electron chi connectivity index (χ2n) is 6.69. The molecule has 3 nitrogen and oxygen atoms in total. The van der Waals surface area contributed by atoms with Gasteiger partial charge < -0.3 is 0 Å². The lowest BCUT2D eigenvalue weighted by atomic mass is 9.71. The zero-order chi connectivity index (χ0) is 11.8. The van der Waals surface area contributed by atoms with Gasteiger partial charge in [-0.05, 0) is 65.0 Å². The van der Waals surface area contributed by atoms with Crippen molar-refractivity contribution in [3.63, 3.8) is 0 Å². The van der Waals surface area contributed by atoms with Gasteiger partial charge in [-0.25, -0.2) is 5.01 Å². The highest BCUT2D eigenvalue weighted by Crippen LogP contribution is 2.41. The highest BCUT2D eigenvalue weighted by Gasteiger charge is 2.38. The lowest BCUT2D eigenvalue weighted by Gasteiger charge is -2.49. The minimum absolute atomic E-state index is 0.343. The molecule has 94 valence electrons. The fourth-order valence-electron chi connectivity index (χ4n) is 3.15. The van der Waals surface area contributed by atoms with E-state index in [-0.39, 0.29) is 0 Å². The summed E-state index contributed by atoms with van der Waals surface area (Å²) in [5, 5.41) is 1.99. The topological polar surface area (TPSA) is 32.5 Å². The summed E-state index contributed by atoms with van der Waals surface area (Å²) in [6.07, 6.45) is 5.36. The van der Waals surface area contributed by atoms with Crippen LogP contribution in [0.1, 0.15) is 46.5 Å². The third-order valence-corrected chi connectivity index (χ3v) is 4.63. The fraction of sp³-hybridized carbons (Fsp3) is 1.00. The summed E-state index contributed by atoms with van der Waals surface area (Å²) in [6, 6.07) is 0. The molecule has 0 saturated carbocycles. The average molecular weight is 225 g/mol. The summed E-state index contributed by atoms with van der Waals surface area (Å²) in [5.74, 6) is 5.84. The monoisotopic (exact) mass is 225 g/mol. The van der Waals surface area contributed by atoms with Gasteiger partial charge in [-0.1, -0.05) is 0 Å². The molecule has 2 heterocycles. The molecule has 0 aromatic heterocycles. The molecule has 2 N–H and O–H groups in total. The quantitative estimate of drug-likeness (QED) is 0.639. The first-order chi connectivity index (χ1) is 7.41. The van der Waals surface area contributed by atoms with E-state index in [2.05, 4.69) is 25.7 Å². The van der Waals surface area contributed by atoms with E-state index in [4.69, 9.17) is 5.84 Å². The molecule has 3 heteroatoms. The van der Waals surface area contributed by atoms with E-state index in [9.17, 15) is 0 Å². The normalized spacial score (nSPS) is 28.5. The molecule has 0 aromatic rings. The van der Waals surface area contributed by atoms with Crippen LogP contribution >= 0.6 is 0 Å². The minimum atomic E-state index is 0.343. The van der Waals surface area contributed by atoms with Crippen molar-refractivity contribution in [3.8, 4) is 0 Å². The maximum Gasteiger partial charge on any atom is 0.0133 e. The van der Waals surface area contributed by atoms with E-state index in [1.807, 2.05) is 5.01 Å². The van der Waals surface area contributed by atoms with Gasteiger partial charge in [0, 0.05) is 18.6 Å². The van der Waals surface area contributed by atoms with Crippen molar-refractivity contribution in [3.05, 3.63) is 0 Å². The first-order valence-electron chi connectivity index (χ1n) is 6.66. The number of nitrogens with two attached hydrogens (primary N) is 1. The zero-order valence-corrected chi connectivity index (χ0v) is 11.1. The second-order valence-corrected chi connectivity index (χ2v) is 6.69. The molecule has 0 amide bonds. The molecule has 0 unspecified atom stereocenters. The SMILES string of the molecule is CC(C)(C)N1CCC2(CCN(N)CC2)CC1. The van der Waals surface area contributed by atoms with E-state index < -0.39 is 0 Å². The molecule has 1 spiro atoms. The molecule has 0 aliphatic carbocycles. The van der Waals surface area contributed by atoms with Crippen LogP contribution < -0.4 is 5.84 Å². The minimum Gasteiger partial charge on any atom is -0.298 e. The molecule has 2 aliphatic heterocycles. The highest BCUT2D eigenvalue weighted by molar-refractivity contribution is 4.92. The fourth-order valence-corrected chi connectivity index (χ4v) is 3.15. The van der Waals surface area contributed by atoms with Crippen LogP contribution in [0.15, 0.2) is 0 Å². The molecule has 2 saturated heterocycles. The number of hydrogen-bond acceptors (Lipinski definition) is 3. The maximum atomic E-state index is 5.84.